The van der Waals surface area contributed by atoms with Gasteiger partial charge in [0.05, 0.1) is 24.3 Å². The van der Waals surface area contributed by atoms with Gasteiger partial charge >= 0.3 is 6.03 Å². The monoisotopic (exact) mass is 577 g/mol. The van der Waals surface area contributed by atoms with Gasteiger partial charge in [-0.25, -0.2) is 19.2 Å². The minimum atomic E-state index is -0.588. The lowest BCUT2D eigenvalue weighted by Crippen LogP contribution is -2.37. The summed E-state index contributed by atoms with van der Waals surface area (Å²) >= 11 is 0. The number of urea groups is 1. The summed E-state index contributed by atoms with van der Waals surface area (Å²) in [5, 5.41) is 5.36. The van der Waals surface area contributed by atoms with Crippen LogP contribution >= 0.6 is 0 Å². The molecule has 11 heteroatoms. The number of pyridine rings is 2. The molecule has 43 heavy (non-hydrogen) atoms. The Morgan fingerprint density at radius 3 is 2.42 bits per heavy atom. The molecule has 0 atom stereocenters. The van der Waals surface area contributed by atoms with Gasteiger partial charge in [0.15, 0.2) is 11.6 Å². The zero-order valence-electron chi connectivity index (χ0n) is 23.4. The molecule has 1 aliphatic heterocycles. The molecular formula is C32H28FN7O3. The molecule has 1 aliphatic rings. The van der Waals surface area contributed by atoms with Crippen LogP contribution in [0.25, 0.3) is 33.5 Å². The first-order valence-corrected chi connectivity index (χ1v) is 13.8. The van der Waals surface area contributed by atoms with Crippen molar-refractivity contribution in [3.8, 4) is 22.5 Å². The molecule has 0 spiro atoms. The van der Waals surface area contributed by atoms with Gasteiger partial charge in [0.2, 0.25) is 0 Å². The third-order valence-corrected chi connectivity index (χ3v) is 6.96. The number of anilines is 3. The first-order valence-electron chi connectivity index (χ1n) is 13.8. The van der Waals surface area contributed by atoms with Crippen molar-refractivity contribution in [2.75, 3.05) is 41.8 Å². The van der Waals surface area contributed by atoms with Gasteiger partial charge in [0, 0.05) is 60.6 Å². The van der Waals surface area contributed by atoms with Gasteiger partial charge < -0.3 is 20.3 Å². The number of carbonyl (C=O) groups excluding carboxylic acids is 2. The maximum absolute atomic E-state index is 15.5. The molecule has 0 bridgehead atoms. The molecule has 0 saturated carbocycles. The third kappa shape index (κ3) is 6.47. The maximum Gasteiger partial charge on any atom is 0.323 e. The molecular weight excluding hydrogens is 549 g/mol. The summed E-state index contributed by atoms with van der Waals surface area (Å²) in [6, 6.07) is 16.5. The van der Waals surface area contributed by atoms with E-state index in [4.69, 9.17) is 14.7 Å². The number of nitrogens with one attached hydrogen (secondary N) is 2. The number of hydrogen-bond donors (Lipinski definition) is 2. The van der Waals surface area contributed by atoms with Gasteiger partial charge in [-0.3, -0.25) is 14.8 Å². The minimum Gasteiger partial charge on any atom is -0.378 e. The Hall–Kier alpha value is -5.29. The summed E-state index contributed by atoms with van der Waals surface area (Å²) in [5.41, 5.74) is 4.76. The van der Waals surface area contributed by atoms with Gasteiger partial charge in [-0.05, 0) is 55.0 Å². The summed E-state index contributed by atoms with van der Waals surface area (Å²) in [5.74, 6) is 0.283. The number of rotatable bonds is 7. The zero-order valence-corrected chi connectivity index (χ0v) is 23.4. The fourth-order valence-electron chi connectivity index (χ4n) is 4.87. The highest BCUT2D eigenvalue weighted by atomic mass is 19.1. The highest BCUT2D eigenvalue weighted by Gasteiger charge is 2.21. The Morgan fingerprint density at radius 1 is 0.930 bits per heavy atom. The topological polar surface area (TPSA) is 122 Å². The second-order valence-electron chi connectivity index (χ2n) is 10.2. The molecule has 1 fully saturated rings. The average molecular weight is 578 g/mol. The van der Waals surface area contributed by atoms with Gasteiger partial charge in [-0.15, -0.1) is 0 Å². The van der Waals surface area contributed by atoms with Crippen LogP contribution in [-0.2, 0) is 16.0 Å². The molecule has 2 aromatic carbocycles. The number of aromatic nitrogens is 4. The van der Waals surface area contributed by atoms with Gasteiger partial charge in [-0.2, -0.15) is 0 Å². The number of Topliss-reactive ketones (excluding diaryl/α,β-unsaturated/α-hetero) is 1. The average Bonchev–Trinajstić information content (AvgIpc) is 3.02. The fourth-order valence-corrected chi connectivity index (χ4v) is 4.87. The second kappa shape index (κ2) is 12.3. The SMILES string of the molecule is CC(=O)Cc1ccc(NC(=O)Nc2ccc(-c3nc(N4CCOCC4)c4ncc(-c5cccnc5)cc4n3)c(F)c2)cc1. The molecule has 3 aromatic heterocycles. The first kappa shape index (κ1) is 27.9. The number of benzene rings is 2. The van der Waals surface area contributed by atoms with Crippen molar-refractivity contribution in [2.24, 2.45) is 0 Å². The predicted octanol–water partition coefficient (Wildman–Crippen LogP) is 5.51. The second-order valence-corrected chi connectivity index (χ2v) is 10.2. The largest absolute Gasteiger partial charge is 0.378 e. The minimum absolute atomic E-state index is 0.0569. The van der Waals surface area contributed by atoms with Crippen molar-refractivity contribution in [2.45, 2.75) is 13.3 Å². The van der Waals surface area contributed by atoms with Crippen LogP contribution in [0.4, 0.5) is 26.4 Å². The van der Waals surface area contributed by atoms with E-state index in [1.54, 1.807) is 55.0 Å². The molecule has 0 radical (unpaired) electrons. The number of morpholine rings is 1. The Morgan fingerprint density at radius 2 is 1.70 bits per heavy atom. The number of ether oxygens (including phenoxy) is 1. The van der Waals surface area contributed by atoms with Crippen LogP contribution in [0.15, 0.2) is 79.3 Å². The molecule has 216 valence electrons. The Bertz CT molecular complexity index is 1790. The summed E-state index contributed by atoms with van der Waals surface area (Å²) in [6.07, 6.45) is 5.54. The molecule has 1 saturated heterocycles. The van der Waals surface area contributed by atoms with E-state index in [-0.39, 0.29) is 22.9 Å². The van der Waals surface area contributed by atoms with Crippen LogP contribution in [0.3, 0.4) is 0 Å². The number of ketones is 1. The van der Waals surface area contributed by atoms with E-state index >= 15 is 4.39 Å². The lowest BCUT2D eigenvalue weighted by molar-refractivity contribution is -0.116. The van der Waals surface area contributed by atoms with Crippen LogP contribution in [0, 0.1) is 5.82 Å². The van der Waals surface area contributed by atoms with Crippen LogP contribution < -0.4 is 15.5 Å². The molecule has 0 aliphatic carbocycles. The highest BCUT2D eigenvalue weighted by molar-refractivity contribution is 6.00. The van der Waals surface area contributed by atoms with Gasteiger partial charge in [0.1, 0.15) is 17.1 Å². The predicted molar refractivity (Wildman–Crippen MR) is 162 cm³/mol. The summed E-state index contributed by atoms with van der Waals surface area (Å²) in [7, 11) is 0. The summed E-state index contributed by atoms with van der Waals surface area (Å²) in [4.78, 5) is 44.3. The normalized spacial score (nSPS) is 13.1. The number of amides is 2. The third-order valence-electron chi connectivity index (χ3n) is 6.96. The number of carbonyl (C=O) groups is 2. The van der Waals surface area contributed by atoms with Crippen molar-refractivity contribution in [1.82, 2.24) is 19.9 Å². The Balaban J connectivity index is 1.27. The smallest absolute Gasteiger partial charge is 0.323 e. The van der Waals surface area contributed by atoms with Gasteiger partial charge in [-0.1, -0.05) is 18.2 Å². The van der Waals surface area contributed by atoms with Gasteiger partial charge in [0.25, 0.3) is 0 Å². The lowest BCUT2D eigenvalue weighted by Gasteiger charge is -2.28. The molecule has 5 aromatic rings. The van der Waals surface area contributed by atoms with Crippen LogP contribution in [-0.4, -0.2) is 58.1 Å². The first-order chi connectivity index (χ1) is 20.9. The van der Waals surface area contributed by atoms with Crippen molar-refractivity contribution in [3.05, 3.63) is 90.6 Å². The van der Waals surface area contributed by atoms with E-state index in [0.29, 0.717) is 55.3 Å². The fraction of sp³-hybridized carbons (Fsp3) is 0.188. The molecule has 2 amide bonds. The standard InChI is InChI=1S/C32H28FN7O3/c1-20(41)15-21-4-6-24(7-5-21)36-32(42)37-25-8-9-26(27(33)17-25)30-38-28-16-23(22-3-2-10-34-18-22)19-35-29(28)31(39-30)40-11-13-43-14-12-40/h2-10,16-19H,11-15H2,1H3,(H2,36,37,42). The zero-order chi connectivity index (χ0) is 29.8. The van der Waals surface area contributed by atoms with Crippen LogP contribution in [0.2, 0.25) is 0 Å². The summed E-state index contributed by atoms with van der Waals surface area (Å²) < 4.78 is 21.1. The Kier molecular flexibility index (Phi) is 7.96. The van der Waals surface area contributed by atoms with Crippen LogP contribution in [0.5, 0.6) is 0 Å². The molecule has 0 unspecified atom stereocenters. The van der Waals surface area contributed by atoms with Crippen molar-refractivity contribution >= 4 is 40.0 Å². The molecule has 2 N–H and O–H groups in total. The van der Waals surface area contributed by atoms with Crippen LogP contribution in [0.1, 0.15) is 12.5 Å². The van der Waals surface area contributed by atoms with E-state index < -0.39 is 11.8 Å². The maximum atomic E-state index is 15.5. The number of nitrogens with zero attached hydrogens (tertiary/aromatic N) is 5. The quantitative estimate of drug-likeness (QED) is 0.260. The number of hydrogen-bond acceptors (Lipinski definition) is 8. The van der Waals surface area contributed by atoms with E-state index in [1.807, 2.05) is 18.2 Å². The lowest BCUT2D eigenvalue weighted by atomic mass is 10.1. The molecule has 4 heterocycles. The molecule has 10 nitrogen and oxygen atoms in total. The van der Waals surface area contributed by atoms with Crippen molar-refractivity contribution in [3.63, 3.8) is 0 Å². The van der Waals surface area contributed by atoms with Crippen molar-refractivity contribution in [1.29, 1.82) is 0 Å². The van der Waals surface area contributed by atoms with E-state index in [1.165, 1.54) is 13.0 Å². The number of halogens is 1. The van der Waals surface area contributed by atoms with E-state index in [9.17, 15) is 9.59 Å². The summed E-state index contributed by atoms with van der Waals surface area (Å²) in [6.45, 7) is 3.87. The van der Waals surface area contributed by atoms with Crippen molar-refractivity contribution < 1.29 is 18.7 Å². The number of fused-ring (bicyclic) bond motifs is 1. The molecule has 6 rings (SSSR count). The highest BCUT2D eigenvalue weighted by Crippen LogP contribution is 2.31. The Labute approximate surface area is 247 Å². The van der Waals surface area contributed by atoms with E-state index in [2.05, 4.69) is 25.5 Å². The van der Waals surface area contributed by atoms with E-state index in [0.717, 1.165) is 16.7 Å².